The molecule has 0 radical (unpaired) electrons. The number of carbonyl (C=O) groups excluding carboxylic acids is 1. The third kappa shape index (κ3) is 4.43. The number of benzene rings is 2. The molecule has 1 amide bonds. The second kappa shape index (κ2) is 7.44. The Labute approximate surface area is 138 Å². The first kappa shape index (κ1) is 17.2. The molecule has 4 nitrogen and oxygen atoms in total. The van der Waals surface area contributed by atoms with Gasteiger partial charge in [-0.15, -0.1) is 0 Å². The van der Waals surface area contributed by atoms with E-state index >= 15 is 0 Å². The summed E-state index contributed by atoms with van der Waals surface area (Å²) in [7, 11) is 0. The number of carbonyl (C=O) groups is 1. The Morgan fingerprint density at radius 2 is 2.00 bits per heavy atom. The van der Waals surface area contributed by atoms with Crippen LogP contribution in [-0.4, -0.2) is 22.2 Å². The van der Waals surface area contributed by atoms with Crippen LogP contribution in [0.2, 0.25) is 5.02 Å². The van der Waals surface area contributed by atoms with Gasteiger partial charge in [0, 0.05) is 10.6 Å². The van der Waals surface area contributed by atoms with Crippen LogP contribution in [0.4, 0.5) is 4.39 Å². The first-order chi connectivity index (χ1) is 10.9. The van der Waals surface area contributed by atoms with Crippen molar-refractivity contribution in [1.82, 2.24) is 5.32 Å². The molecular formula is C17H17ClFNO3. The fourth-order valence-corrected chi connectivity index (χ4v) is 2.55. The zero-order chi connectivity index (χ0) is 17.0. The van der Waals surface area contributed by atoms with E-state index < -0.39 is 18.0 Å². The van der Waals surface area contributed by atoms with E-state index in [0.717, 1.165) is 0 Å². The van der Waals surface area contributed by atoms with E-state index in [1.54, 1.807) is 19.1 Å². The highest BCUT2D eigenvalue weighted by Crippen LogP contribution is 2.27. The Balaban J connectivity index is 2.03. The molecule has 122 valence electrons. The predicted molar refractivity (Wildman–Crippen MR) is 85.8 cm³/mol. The maximum atomic E-state index is 13.8. The van der Waals surface area contributed by atoms with Crippen LogP contribution in [-0.2, 0) is 11.2 Å². The van der Waals surface area contributed by atoms with Crippen molar-refractivity contribution >= 4 is 17.5 Å². The van der Waals surface area contributed by atoms with Gasteiger partial charge in [-0.05, 0) is 36.8 Å². The number of phenols is 1. The largest absolute Gasteiger partial charge is 0.508 e. The molecule has 2 aromatic rings. The van der Waals surface area contributed by atoms with Gasteiger partial charge in [0.1, 0.15) is 17.7 Å². The van der Waals surface area contributed by atoms with E-state index in [1.165, 1.54) is 30.3 Å². The summed E-state index contributed by atoms with van der Waals surface area (Å²) in [4.78, 5) is 12.0. The van der Waals surface area contributed by atoms with Gasteiger partial charge < -0.3 is 15.5 Å². The molecule has 2 rings (SSSR count). The molecule has 0 saturated carbocycles. The molecule has 0 aliphatic heterocycles. The molecule has 2 aromatic carbocycles. The summed E-state index contributed by atoms with van der Waals surface area (Å²) in [5, 5.41) is 22.3. The van der Waals surface area contributed by atoms with E-state index in [-0.39, 0.29) is 28.7 Å². The van der Waals surface area contributed by atoms with Crippen molar-refractivity contribution in [3.63, 3.8) is 0 Å². The quantitative estimate of drug-likeness (QED) is 0.785. The van der Waals surface area contributed by atoms with Crippen LogP contribution in [0.1, 0.15) is 24.2 Å². The number of nitrogens with one attached hydrogen (secondary N) is 1. The molecule has 0 spiro atoms. The summed E-state index contributed by atoms with van der Waals surface area (Å²) in [5.74, 6) is -0.907. The molecular weight excluding hydrogens is 321 g/mol. The molecule has 0 fully saturated rings. The summed E-state index contributed by atoms with van der Waals surface area (Å²) in [6, 6.07) is 9.72. The van der Waals surface area contributed by atoms with Crippen molar-refractivity contribution in [2.75, 3.05) is 0 Å². The second-order valence-corrected chi connectivity index (χ2v) is 5.69. The first-order valence-corrected chi connectivity index (χ1v) is 7.45. The summed E-state index contributed by atoms with van der Waals surface area (Å²) < 4.78 is 13.8. The van der Waals surface area contributed by atoms with Crippen molar-refractivity contribution in [2.24, 2.45) is 0 Å². The van der Waals surface area contributed by atoms with Gasteiger partial charge in [-0.1, -0.05) is 29.8 Å². The highest BCUT2D eigenvalue weighted by molar-refractivity contribution is 6.31. The minimum Gasteiger partial charge on any atom is -0.508 e. The summed E-state index contributed by atoms with van der Waals surface area (Å²) in [5.41, 5.74) is 0.590. The maximum Gasteiger partial charge on any atom is 0.224 e. The maximum absolute atomic E-state index is 13.8. The Morgan fingerprint density at radius 1 is 1.30 bits per heavy atom. The lowest BCUT2D eigenvalue weighted by Crippen LogP contribution is -2.38. The van der Waals surface area contributed by atoms with E-state index in [2.05, 4.69) is 5.32 Å². The molecule has 0 aliphatic rings. The normalized spacial score (nSPS) is 13.4. The standard InChI is InChI=1S/C17H17ClFNO3/c1-10(17(23)16-13(18)6-3-7-14(16)19)20-15(22)9-11-4-2-5-12(21)8-11/h2-8,10,17,21,23H,9H2,1H3,(H,20,22). The average molecular weight is 338 g/mol. The Morgan fingerprint density at radius 3 is 2.65 bits per heavy atom. The number of phenolic OH excluding ortho intramolecular Hbond substituents is 1. The molecule has 0 bridgehead atoms. The van der Waals surface area contributed by atoms with Crippen molar-refractivity contribution in [3.8, 4) is 5.75 Å². The van der Waals surface area contributed by atoms with Crippen LogP contribution < -0.4 is 5.32 Å². The van der Waals surface area contributed by atoms with Crippen LogP contribution in [0.5, 0.6) is 5.75 Å². The third-order valence-corrected chi connectivity index (χ3v) is 3.76. The lowest BCUT2D eigenvalue weighted by atomic mass is 10.0. The summed E-state index contributed by atoms with van der Waals surface area (Å²) in [6.45, 7) is 1.56. The number of hydrogen-bond donors (Lipinski definition) is 3. The van der Waals surface area contributed by atoms with Crippen LogP contribution in [0.15, 0.2) is 42.5 Å². The number of hydrogen-bond acceptors (Lipinski definition) is 3. The number of rotatable bonds is 5. The van der Waals surface area contributed by atoms with Gasteiger partial charge in [0.05, 0.1) is 12.5 Å². The van der Waals surface area contributed by atoms with E-state index in [0.29, 0.717) is 5.56 Å². The second-order valence-electron chi connectivity index (χ2n) is 5.28. The minimum atomic E-state index is -1.27. The monoisotopic (exact) mass is 337 g/mol. The topological polar surface area (TPSA) is 69.6 Å². The molecule has 2 unspecified atom stereocenters. The van der Waals surface area contributed by atoms with Gasteiger partial charge in [-0.2, -0.15) is 0 Å². The van der Waals surface area contributed by atoms with Crippen molar-refractivity contribution < 1.29 is 19.4 Å². The van der Waals surface area contributed by atoms with Crippen molar-refractivity contribution in [1.29, 1.82) is 0 Å². The molecule has 2 atom stereocenters. The number of aliphatic hydroxyl groups excluding tert-OH is 1. The fourth-order valence-electron chi connectivity index (χ4n) is 2.28. The van der Waals surface area contributed by atoms with Crippen LogP contribution in [0.25, 0.3) is 0 Å². The van der Waals surface area contributed by atoms with E-state index in [1.807, 2.05) is 0 Å². The van der Waals surface area contributed by atoms with E-state index in [4.69, 9.17) is 11.6 Å². The van der Waals surface area contributed by atoms with Crippen LogP contribution >= 0.6 is 11.6 Å². The van der Waals surface area contributed by atoms with Gasteiger partial charge in [0.2, 0.25) is 5.91 Å². The Bertz CT molecular complexity index is 688. The van der Waals surface area contributed by atoms with Crippen LogP contribution in [0, 0.1) is 5.82 Å². The lowest BCUT2D eigenvalue weighted by Gasteiger charge is -2.22. The minimum absolute atomic E-state index is 0.0382. The van der Waals surface area contributed by atoms with Crippen molar-refractivity contribution in [3.05, 3.63) is 64.4 Å². The molecule has 0 saturated heterocycles. The number of amides is 1. The van der Waals surface area contributed by atoms with Gasteiger partial charge in [-0.25, -0.2) is 4.39 Å². The molecule has 3 N–H and O–H groups in total. The van der Waals surface area contributed by atoms with E-state index in [9.17, 15) is 19.4 Å². The number of aliphatic hydroxyl groups is 1. The SMILES string of the molecule is CC(NC(=O)Cc1cccc(O)c1)C(O)c1c(F)cccc1Cl. The highest BCUT2D eigenvalue weighted by atomic mass is 35.5. The smallest absolute Gasteiger partial charge is 0.224 e. The van der Waals surface area contributed by atoms with Crippen LogP contribution in [0.3, 0.4) is 0 Å². The van der Waals surface area contributed by atoms with Gasteiger partial charge in [0.25, 0.3) is 0 Å². The predicted octanol–water partition coefficient (Wildman–Crippen LogP) is 2.97. The zero-order valence-corrected chi connectivity index (χ0v) is 13.2. The van der Waals surface area contributed by atoms with Crippen molar-refractivity contribution in [2.45, 2.75) is 25.5 Å². The molecule has 6 heteroatoms. The Hall–Kier alpha value is -2.11. The fraction of sp³-hybridized carbons (Fsp3) is 0.235. The average Bonchev–Trinajstić information content (AvgIpc) is 2.46. The van der Waals surface area contributed by atoms with Gasteiger partial charge in [0.15, 0.2) is 0 Å². The highest BCUT2D eigenvalue weighted by Gasteiger charge is 2.23. The summed E-state index contributed by atoms with van der Waals surface area (Å²) >= 11 is 5.91. The zero-order valence-electron chi connectivity index (χ0n) is 12.5. The van der Waals surface area contributed by atoms with Gasteiger partial charge >= 0.3 is 0 Å². The summed E-state index contributed by atoms with van der Waals surface area (Å²) in [6.07, 6.45) is -1.23. The first-order valence-electron chi connectivity index (χ1n) is 7.07. The molecule has 0 aliphatic carbocycles. The molecule has 23 heavy (non-hydrogen) atoms. The molecule has 0 aromatic heterocycles. The lowest BCUT2D eigenvalue weighted by molar-refractivity contribution is -0.121. The molecule has 0 heterocycles. The third-order valence-electron chi connectivity index (χ3n) is 3.43. The number of aromatic hydroxyl groups is 1. The Kier molecular flexibility index (Phi) is 5.58. The number of halogens is 2. The van der Waals surface area contributed by atoms with Gasteiger partial charge in [-0.3, -0.25) is 4.79 Å².